The van der Waals surface area contributed by atoms with Crippen molar-refractivity contribution in [1.82, 2.24) is 9.78 Å². The fourth-order valence-electron chi connectivity index (χ4n) is 2.08. The Morgan fingerprint density at radius 2 is 1.68 bits per heavy atom. The molecule has 6 heteroatoms. The standard InChI is InChI=1S/C13H20ClF3N2/c1-3-4-5-6-7-8-9-10-11(13(15,16)17)18-19(2)12(10)14/h3-9H2,1-2H3. The van der Waals surface area contributed by atoms with Crippen LogP contribution < -0.4 is 0 Å². The molecule has 0 aliphatic heterocycles. The van der Waals surface area contributed by atoms with Gasteiger partial charge in [0.05, 0.1) is 0 Å². The lowest BCUT2D eigenvalue weighted by Crippen LogP contribution is -2.09. The summed E-state index contributed by atoms with van der Waals surface area (Å²) >= 11 is 5.88. The smallest absolute Gasteiger partial charge is 0.256 e. The van der Waals surface area contributed by atoms with Crippen molar-refractivity contribution in [1.29, 1.82) is 0 Å². The van der Waals surface area contributed by atoms with Gasteiger partial charge in [0.1, 0.15) is 5.15 Å². The number of unbranched alkanes of at least 4 members (excludes halogenated alkanes) is 5. The van der Waals surface area contributed by atoms with Crippen LogP contribution in [-0.4, -0.2) is 9.78 Å². The summed E-state index contributed by atoms with van der Waals surface area (Å²) in [7, 11) is 1.43. The summed E-state index contributed by atoms with van der Waals surface area (Å²) in [6.45, 7) is 2.13. The van der Waals surface area contributed by atoms with Crippen LogP contribution in [0.5, 0.6) is 0 Å². The van der Waals surface area contributed by atoms with E-state index in [9.17, 15) is 13.2 Å². The SMILES string of the molecule is CCCCCCCCc1c(C(F)(F)F)nn(C)c1Cl. The number of hydrogen-bond donors (Lipinski definition) is 0. The minimum Gasteiger partial charge on any atom is -0.256 e. The van der Waals surface area contributed by atoms with E-state index in [1.54, 1.807) is 0 Å². The van der Waals surface area contributed by atoms with Crippen molar-refractivity contribution in [3.8, 4) is 0 Å². The molecule has 0 spiro atoms. The first kappa shape index (κ1) is 16.3. The Bertz CT molecular complexity index is 399. The highest BCUT2D eigenvalue weighted by molar-refractivity contribution is 6.30. The molecule has 0 bridgehead atoms. The zero-order valence-electron chi connectivity index (χ0n) is 11.4. The highest BCUT2D eigenvalue weighted by Crippen LogP contribution is 2.34. The predicted octanol–water partition coefficient (Wildman–Crippen LogP) is 5.00. The van der Waals surface area contributed by atoms with Gasteiger partial charge in [0.15, 0.2) is 5.69 Å². The van der Waals surface area contributed by atoms with Crippen molar-refractivity contribution in [2.45, 2.75) is 58.0 Å². The van der Waals surface area contributed by atoms with Gasteiger partial charge in [-0.3, -0.25) is 4.68 Å². The Balaban J connectivity index is 2.58. The number of nitrogens with zero attached hydrogens (tertiary/aromatic N) is 2. The number of aryl methyl sites for hydroxylation is 1. The number of hydrogen-bond acceptors (Lipinski definition) is 1. The molecule has 0 saturated heterocycles. The molecule has 110 valence electrons. The van der Waals surface area contributed by atoms with Crippen molar-refractivity contribution in [2.75, 3.05) is 0 Å². The Hall–Kier alpha value is -0.710. The third kappa shape index (κ3) is 4.71. The second kappa shape index (κ2) is 7.17. The zero-order valence-corrected chi connectivity index (χ0v) is 12.1. The second-order valence-electron chi connectivity index (χ2n) is 4.76. The van der Waals surface area contributed by atoms with Gasteiger partial charge in [0, 0.05) is 12.6 Å². The number of aromatic nitrogens is 2. The molecule has 0 N–H and O–H groups in total. The van der Waals surface area contributed by atoms with Crippen LogP contribution in [0.25, 0.3) is 0 Å². The van der Waals surface area contributed by atoms with Crippen LogP contribution >= 0.6 is 11.6 Å². The van der Waals surface area contributed by atoms with Gasteiger partial charge < -0.3 is 0 Å². The van der Waals surface area contributed by atoms with Gasteiger partial charge in [-0.1, -0.05) is 50.6 Å². The van der Waals surface area contributed by atoms with Crippen molar-refractivity contribution >= 4 is 11.6 Å². The Labute approximate surface area is 116 Å². The van der Waals surface area contributed by atoms with Crippen LogP contribution in [0.4, 0.5) is 13.2 Å². The van der Waals surface area contributed by atoms with Gasteiger partial charge in [0.25, 0.3) is 0 Å². The molecule has 0 fully saturated rings. The largest absolute Gasteiger partial charge is 0.435 e. The van der Waals surface area contributed by atoms with Crippen LogP contribution in [-0.2, 0) is 19.6 Å². The maximum atomic E-state index is 12.8. The molecule has 0 radical (unpaired) electrons. The topological polar surface area (TPSA) is 17.8 Å². The van der Waals surface area contributed by atoms with Gasteiger partial charge in [-0.05, 0) is 12.8 Å². The van der Waals surface area contributed by atoms with E-state index in [1.165, 1.54) is 13.5 Å². The molecule has 2 nitrogen and oxygen atoms in total. The lowest BCUT2D eigenvalue weighted by atomic mass is 10.1. The quantitative estimate of drug-likeness (QED) is 0.648. The molecule has 0 saturated carbocycles. The van der Waals surface area contributed by atoms with Crippen molar-refractivity contribution in [3.63, 3.8) is 0 Å². The summed E-state index contributed by atoms with van der Waals surface area (Å²) in [5, 5.41) is 3.57. The van der Waals surface area contributed by atoms with E-state index in [-0.39, 0.29) is 10.7 Å². The summed E-state index contributed by atoms with van der Waals surface area (Å²) < 4.78 is 39.4. The summed E-state index contributed by atoms with van der Waals surface area (Å²) in [5.74, 6) is 0. The third-order valence-electron chi connectivity index (χ3n) is 3.12. The fourth-order valence-corrected chi connectivity index (χ4v) is 2.30. The normalized spacial score (nSPS) is 12.1. The van der Waals surface area contributed by atoms with Crippen molar-refractivity contribution in [2.24, 2.45) is 7.05 Å². The minimum atomic E-state index is -4.43. The van der Waals surface area contributed by atoms with E-state index < -0.39 is 11.9 Å². The van der Waals surface area contributed by atoms with Crippen LogP contribution in [0.1, 0.15) is 56.7 Å². The Morgan fingerprint density at radius 3 is 2.26 bits per heavy atom. The van der Waals surface area contributed by atoms with E-state index in [2.05, 4.69) is 12.0 Å². The molecule has 0 unspecified atom stereocenters. The highest BCUT2D eigenvalue weighted by atomic mass is 35.5. The average Bonchev–Trinajstić information content (AvgIpc) is 2.61. The minimum absolute atomic E-state index is 0.0980. The van der Waals surface area contributed by atoms with Crippen molar-refractivity contribution in [3.05, 3.63) is 16.4 Å². The average molecular weight is 297 g/mol. The maximum absolute atomic E-state index is 12.8. The van der Waals surface area contributed by atoms with E-state index in [0.29, 0.717) is 6.42 Å². The Kier molecular flexibility index (Phi) is 6.17. The van der Waals surface area contributed by atoms with E-state index >= 15 is 0 Å². The maximum Gasteiger partial charge on any atom is 0.435 e. The molecule has 1 heterocycles. The van der Waals surface area contributed by atoms with Crippen LogP contribution in [0.15, 0.2) is 0 Å². The first-order valence-corrected chi connectivity index (χ1v) is 7.04. The molecule has 0 aliphatic rings. The van der Waals surface area contributed by atoms with Crippen molar-refractivity contribution < 1.29 is 13.2 Å². The summed E-state index contributed by atoms with van der Waals surface area (Å²) in [6, 6.07) is 0. The first-order valence-electron chi connectivity index (χ1n) is 6.66. The van der Waals surface area contributed by atoms with Crippen LogP contribution in [0.3, 0.4) is 0 Å². The Morgan fingerprint density at radius 1 is 1.11 bits per heavy atom. The number of halogens is 4. The lowest BCUT2D eigenvalue weighted by Gasteiger charge is -2.06. The van der Waals surface area contributed by atoms with E-state index in [1.807, 2.05) is 0 Å². The predicted molar refractivity (Wildman–Crippen MR) is 70.3 cm³/mol. The number of alkyl halides is 3. The molecule has 1 aromatic heterocycles. The number of rotatable bonds is 7. The van der Waals surface area contributed by atoms with Gasteiger partial charge in [-0.2, -0.15) is 18.3 Å². The molecule has 1 rings (SSSR count). The van der Waals surface area contributed by atoms with Gasteiger partial charge in [0.2, 0.25) is 0 Å². The van der Waals surface area contributed by atoms with Crippen LogP contribution in [0, 0.1) is 0 Å². The summed E-state index contributed by atoms with van der Waals surface area (Å²) in [5.41, 5.74) is -0.708. The molecular weight excluding hydrogens is 277 g/mol. The molecule has 19 heavy (non-hydrogen) atoms. The fraction of sp³-hybridized carbons (Fsp3) is 0.769. The molecule has 0 aromatic carbocycles. The first-order chi connectivity index (χ1) is 8.88. The molecule has 0 atom stereocenters. The van der Waals surface area contributed by atoms with Gasteiger partial charge in [-0.25, -0.2) is 0 Å². The summed E-state index contributed by atoms with van der Waals surface area (Å²) in [4.78, 5) is 0. The van der Waals surface area contributed by atoms with E-state index in [4.69, 9.17) is 11.6 Å². The second-order valence-corrected chi connectivity index (χ2v) is 5.12. The summed E-state index contributed by atoms with van der Waals surface area (Å²) in [6.07, 6.45) is 2.11. The van der Waals surface area contributed by atoms with Gasteiger partial charge in [-0.15, -0.1) is 0 Å². The van der Waals surface area contributed by atoms with Crippen LogP contribution in [0.2, 0.25) is 5.15 Å². The monoisotopic (exact) mass is 296 g/mol. The molecular formula is C13H20ClF3N2. The third-order valence-corrected chi connectivity index (χ3v) is 3.59. The lowest BCUT2D eigenvalue weighted by molar-refractivity contribution is -0.142. The zero-order chi connectivity index (χ0) is 14.5. The van der Waals surface area contributed by atoms with E-state index in [0.717, 1.165) is 36.8 Å². The molecule has 1 aromatic rings. The molecule has 0 aliphatic carbocycles. The highest BCUT2D eigenvalue weighted by Gasteiger charge is 2.38. The van der Waals surface area contributed by atoms with Gasteiger partial charge >= 0.3 is 6.18 Å². The molecule has 0 amide bonds.